The van der Waals surface area contributed by atoms with Gasteiger partial charge in [0, 0.05) is 10.9 Å². The molecule has 4 fully saturated rings. The van der Waals surface area contributed by atoms with E-state index in [1.807, 2.05) is 11.3 Å². The van der Waals surface area contributed by atoms with Gasteiger partial charge in [0.15, 0.2) is 0 Å². The minimum absolute atomic E-state index is 0.488. The van der Waals surface area contributed by atoms with Gasteiger partial charge in [-0.05, 0) is 80.2 Å². The van der Waals surface area contributed by atoms with Crippen LogP contribution in [-0.2, 0) is 0 Å². The fourth-order valence-electron chi connectivity index (χ4n) is 5.54. The molecule has 0 saturated heterocycles. The van der Waals surface area contributed by atoms with E-state index in [9.17, 15) is 0 Å². The maximum absolute atomic E-state index is 6.40. The molecule has 0 spiro atoms. The molecule has 5 rings (SSSR count). The van der Waals surface area contributed by atoms with Crippen LogP contribution in [0.25, 0.3) is 0 Å². The molecule has 1 nitrogen and oxygen atoms in total. The summed E-state index contributed by atoms with van der Waals surface area (Å²) < 4.78 is 0. The highest BCUT2D eigenvalue weighted by atomic mass is 35.5. The van der Waals surface area contributed by atoms with Gasteiger partial charge in [0.05, 0.1) is 5.02 Å². The second kappa shape index (κ2) is 4.75. The summed E-state index contributed by atoms with van der Waals surface area (Å²) in [6, 6.07) is 2.55. The van der Waals surface area contributed by atoms with Gasteiger partial charge in [-0.2, -0.15) is 0 Å². The molecule has 0 amide bonds. The van der Waals surface area contributed by atoms with Crippen molar-refractivity contribution in [3.63, 3.8) is 0 Å². The van der Waals surface area contributed by atoms with E-state index >= 15 is 0 Å². The maximum Gasteiger partial charge on any atom is 0.0561 e. The first-order valence-electron chi connectivity index (χ1n) is 7.66. The molecule has 1 aromatic heterocycles. The highest BCUT2D eigenvalue weighted by Gasteiger charge is 2.50. The van der Waals surface area contributed by atoms with E-state index in [1.165, 1.54) is 37.0 Å². The molecule has 0 radical (unpaired) electrons. The molecule has 0 aromatic carbocycles. The van der Waals surface area contributed by atoms with Crippen molar-refractivity contribution >= 4 is 22.9 Å². The molecule has 104 valence electrons. The van der Waals surface area contributed by atoms with Gasteiger partial charge >= 0.3 is 0 Å². The highest BCUT2D eigenvalue weighted by Crippen LogP contribution is 2.59. The van der Waals surface area contributed by atoms with E-state index in [1.54, 1.807) is 0 Å². The highest BCUT2D eigenvalue weighted by molar-refractivity contribution is 7.10. The van der Waals surface area contributed by atoms with E-state index in [0.717, 1.165) is 34.6 Å². The van der Waals surface area contributed by atoms with Crippen LogP contribution in [0.15, 0.2) is 11.4 Å². The molecule has 1 aromatic rings. The van der Waals surface area contributed by atoms with Crippen LogP contribution in [-0.4, -0.2) is 7.05 Å². The smallest absolute Gasteiger partial charge is 0.0561 e. The predicted octanol–water partition coefficient (Wildman–Crippen LogP) is 4.73. The van der Waals surface area contributed by atoms with Crippen molar-refractivity contribution in [2.75, 3.05) is 7.05 Å². The molecule has 4 aliphatic carbocycles. The monoisotopic (exact) mass is 295 g/mol. The summed E-state index contributed by atoms with van der Waals surface area (Å²) in [5.41, 5.74) is 0. The van der Waals surface area contributed by atoms with Crippen molar-refractivity contribution < 1.29 is 0 Å². The quantitative estimate of drug-likeness (QED) is 0.850. The fraction of sp³-hybridized carbons (Fsp3) is 0.750. The zero-order valence-electron chi connectivity index (χ0n) is 11.4. The third-order valence-corrected chi connectivity index (χ3v) is 7.36. The Morgan fingerprint density at radius 2 is 1.79 bits per heavy atom. The first-order valence-corrected chi connectivity index (χ1v) is 8.92. The number of halogens is 1. The average Bonchev–Trinajstić information content (AvgIpc) is 2.79. The van der Waals surface area contributed by atoms with Crippen LogP contribution in [0.2, 0.25) is 5.02 Å². The number of hydrogen-bond acceptors (Lipinski definition) is 2. The van der Waals surface area contributed by atoms with Crippen LogP contribution < -0.4 is 5.32 Å². The summed E-state index contributed by atoms with van der Waals surface area (Å²) in [5, 5.41) is 6.71. The lowest BCUT2D eigenvalue weighted by Crippen LogP contribution is -2.49. The summed E-state index contributed by atoms with van der Waals surface area (Å²) in [6.45, 7) is 0. The Labute approximate surface area is 124 Å². The second-order valence-electron chi connectivity index (χ2n) is 6.91. The van der Waals surface area contributed by atoms with Gasteiger partial charge in [0.1, 0.15) is 0 Å². The summed E-state index contributed by atoms with van der Waals surface area (Å²) in [7, 11) is 2.12. The third-order valence-electron chi connectivity index (χ3n) is 5.92. The zero-order chi connectivity index (χ0) is 13.0. The first-order chi connectivity index (χ1) is 9.26. The first kappa shape index (κ1) is 12.7. The van der Waals surface area contributed by atoms with Crippen LogP contribution in [0.4, 0.5) is 0 Å². The Balaban J connectivity index is 1.66. The molecular formula is C16H22ClNS. The van der Waals surface area contributed by atoms with Crippen molar-refractivity contribution in [3.8, 4) is 0 Å². The molecule has 4 aliphatic rings. The van der Waals surface area contributed by atoms with E-state index in [2.05, 4.69) is 23.8 Å². The minimum atomic E-state index is 0.488. The Bertz CT molecular complexity index is 441. The summed E-state index contributed by atoms with van der Waals surface area (Å²) >= 11 is 8.23. The van der Waals surface area contributed by atoms with E-state index < -0.39 is 0 Å². The molecule has 4 saturated carbocycles. The standard InChI is InChI=1S/C16H22ClNS/c1-18-15(16-13(17)2-3-19-16)14-11-5-9-4-10(7-11)8-12(14)6-9/h2-3,9-12,14-15,18H,4-8H2,1H3. The van der Waals surface area contributed by atoms with E-state index in [0.29, 0.717) is 6.04 Å². The normalized spacial score (nSPS) is 41.7. The molecule has 0 aliphatic heterocycles. The van der Waals surface area contributed by atoms with Gasteiger partial charge in [0.2, 0.25) is 0 Å². The topological polar surface area (TPSA) is 12.0 Å². The molecule has 4 bridgehead atoms. The second-order valence-corrected chi connectivity index (χ2v) is 8.26. The van der Waals surface area contributed by atoms with E-state index in [4.69, 9.17) is 11.6 Å². The van der Waals surface area contributed by atoms with Crippen molar-refractivity contribution in [1.82, 2.24) is 5.32 Å². The van der Waals surface area contributed by atoms with E-state index in [-0.39, 0.29) is 0 Å². The van der Waals surface area contributed by atoms with Crippen LogP contribution in [0.1, 0.15) is 43.0 Å². The van der Waals surface area contributed by atoms with Gasteiger partial charge in [-0.25, -0.2) is 0 Å². The van der Waals surface area contributed by atoms with Gasteiger partial charge in [-0.15, -0.1) is 11.3 Å². The third kappa shape index (κ3) is 1.99. The summed E-state index contributed by atoms with van der Waals surface area (Å²) in [4.78, 5) is 1.38. The van der Waals surface area contributed by atoms with Crippen LogP contribution >= 0.6 is 22.9 Å². The Kier molecular flexibility index (Phi) is 3.17. The van der Waals surface area contributed by atoms with Gasteiger partial charge in [-0.3, -0.25) is 0 Å². The lowest BCUT2D eigenvalue weighted by atomic mass is 9.50. The SMILES string of the molecule is CNC(c1sccc1Cl)C1C2CC3CC(C2)CC1C3. The van der Waals surface area contributed by atoms with Crippen molar-refractivity contribution in [2.45, 2.75) is 38.1 Å². The number of hydrogen-bond donors (Lipinski definition) is 1. The Hall–Kier alpha value is -0.0500. The number of thiophene rings is 1. The van der Waals surface area contributed by atoms with Crippen LogP contribution in [0.5, 0.6) is 0 Å². The molecular weight excluding hydrogens is 274 g/mol. The van der Waals surface area contributed by atoms with Crippen molar-refractivity contribution in [3.05, 3.63) is 21.3 Å². The number of nitrogens with one attached hydrogen (secondary N) is 1. The average molecular weight is 296 g/mol. The summed E-state index contributed by atoms with van der Waals surface area (Å²) in [5.74, 6) is 4.83. The molecule has 1 N–H and O–H groups in total. The van der Waals surface area contributed by atoms with Gasteiger partial charge < -0.3 is 5.32 Å². The van der Waals surface area contributed by atoms with Gasteiger partial charge in [0.25, 0.3) is 0 Å². The lowest BCUT2D eigenvalue weighted by molar-refractivity contribution is -0.0510. The lowest BCUT2D eigenvalue weighted by Gasteiger charge is -2.56. The minimum Gasteiger partial charge on any atom is -0.312 e. The van der Waals surface area contributed by atoms with Gasteiger partial charge in [-0.1, -0.05) is 11.6 Å². The zero-order valence-corrected chi connectivity index (χ0v) is 13.0. The van der Waals surface area contributed by atoms with Crippen LogP contribution in [0.3, 0.4) is 0 Å². The molecule has 19 heavy (non-hydrogen) atoms. The molecule has 1 atom stereocenters. The van der Waals surface area contributed by atoms with Crippen LogP contribution in [0, 0.1) is 29.6 Å². The Morgan fingerprint density at radius 3 is 2.26 bits per heavy atom. The number of rotatable bonds is 3. The maximum atomic E-state index is 6.40. The van der Waals surface area contributed by atoms with Crippen molar-refractivity contribution in [1.29, 1.82) is 0 Å². The molecule has 1 unspecified atom stereocenters. The summed E-state index contributed by atoms with van der Waals surface area (Å²) in [6.07, 6.45) is 7.47. The Morgan fingerprint density at radius 1 is 1.16 bits per heavy atom. The molecule has 3 heteroatoms. The fourth-order valence-corrected chi connectivity index (χ4v) is 6.88. The largest absolute Gasteiger partial charge is 0.312 e. The van der Waals surface area contributed by atoms with Crippen molar-refractivity contribution in [2.24, 2.45) is 29.6 Å². The predicted molar refractivity (Wildman–Crippen MR) is 81.7 cm³/mol. The molecule has 1 heterocycles.